The van der Waals surface area contributed by atoms with Gasteiger partial charge in [0.1, 0.15) is 18.1 Å². The third-order valence-corrected chi connectivity index (χ3v) is 16.1. The molecular weight excluding hydrogens is 1040 g/mol. The van der Waals surface area contributed by atoms with Crippen molar-refractivity contribution in [2.45, 2.75) is 98.0 Å². The van der Waals surface area contributed by atoms with Crippen molar-refractivity contribution in [3.63, 3.8) is 0 Å². The number of likely N-dealkylation sites (tertiary alicyclic amines) is 1. The number of likely N-dealkylation sites (N-methyl/N-ethyl adjacent to an activating group) is 2. The van der Waals surface area contributed by atoms with Crippen LogP contribution in [0, 0.1) is 23.2 Å². The Morgan fingerprint density at radius 2 is 1.73 bits per heavy atom. The number of esters is 1. The molecule has 4 aromatic rings. The maximum absolute atomic E-state index is 14.7. The number of nitrogens with zero attached hydrogens (tertiary/aromatic N) is 8. The number of hydrogen-bond donors (Lipinski definition) is 2. The Balaban J connectivity index is 0.00000253. The molecule has 22 heteroatoms. The van der Waals surface area contributed by atoms with Gasteiger partial charge >= 0.3 is 12.0 Å². The van der Waals surface area contributed by atoms with E-state index in [2.05, 4.69) is 77.2 Å². The Bertz CT molecular complexity index is 2600. The van der Waals surface area contributed by atoms with Gasteiger partial charge in [-0.1, -0.05) is 33.8 Å². The van der Waals surface area contributed by atoms with E-state index in [0.717, 1.165) is 89.8 Å². The lowest BCUT2D eigenvalue weighted by Crippen LogP contribution is -2.64. The second-order valence-corrected chi connectivity index (χ2v) is 22.2. The largest absolute Gasteiger partial charge is 0.464 e. The summed E-state index contributed by atoms with van der Waals surface area (Å²) >= 11 is 1.44. The van der Waals surface area contributed by atoms with E-state index in [1.165, 1.54) is 21.2 Å². The van der Waals surface area contributed by atoms with Crippen LogP contribution in [0.4, 0.5) is 10.5 Å². The van der Waals surface area contributed by atoms with Crippen LogP contribution < -0.4 is 15.6 Å². The molecule has 4 amide bonds. The summed E-state index contributed by atoms with van der Waals surface area (Å²) in [5.41, 5.74) is 10.5. The Morgan fingerprint density at radius 1 is 1.01 bits per heavy atom. The van der Waals surface area contributed by atoms with Crippen molar-refractivity contribution in [1.82, 2.24) is 45.0 Å². The zero-order chi connectivity index (χ0) is 49.6. The number of rotatable bonds is 10. The van der Waals surface area contributed by atoms with Crippen molar-refractivity contribution < 1.29 is 33.4 Å². The maximum atomic E-state index is 14.7. The molecule has 410 valence electrons. The lowest BCUT2D eigenvalue weighted by Gasteiger charge is -2.48. The first-order valence-corrected chi connectivity index (χ1v) is 26.1. The topological polar surface area (TPSA) is 167 Å². The number of amides is 4. The summed E-state index contributed by atoms with van der Waals surface area (Å²) in [6.07, 6.45) is 3.44. The number of ether oxygens (including phenoxy) is 3. The van der Waals surface area contributed by atoms with Gasteiger partial charge in [0.15, 0.2) is 0 Å². The molecule has 4 atom stereocenters. The number of piperazine rings is 1. The number of aromatic nitrogens is 3. The number of anilines is 1. The second-order valence-electron chi connectivity index (χ2n) is 21.3. The van der Waals surface area contributed by atoms with Crippen molar-refractivity contribution in [3.05, 3.63) is 52.1 Å². The normalized spacial score (nSPS) is 21.4. The number of hydrazine groups is 1. The highest BCUT2D eigenvalue weighted by Gasteiger charge is 2.43. The highest BCUT2D eigenvalue weighted by atomic mass is 32.1. The van der Waals surface area contributed by atoms with Crippen LogP contribution in [0.25, 0.3) is 33.4 Å². The zero-order valence-electron chi connectivity index (χ0n) is 44.5. The molecule has 17 nitrogen and oxygen atoms in total. The summed E-state index contributed by atoms with van der Waals surface area (Å²) < 4.78 is 19.9. The highest BCUT2D eigenvalue weighted by Crippen LogP contribution is 2.43. The third-order valence-electron chi connectivity index (χ3n) is 15.2. The Labute approximate surface area is 468 Å². The van der Waals surface area contributed by atoms with E-state index in [1.54, 1.807) is 19.1 Å². The third kappa shape index (κ3) is 12.6. The number of pyridine rings is 1. The minimum Gasteiger partial charge on any atom is -0.464 e. The first-order valence-electron chi connectivity index (χ1n) is 25.2. The minimum absolute atomic E-state index is 0. The molecule has 6 bridgehead atoms. The number of methoxy groups -OCH3 is 1. The molecule has 1 aromatic carbocycles. The molecule has 2 N–H and O–H groups in total. The molecule has 9 rings (SSSR count). The van der Waals surface area contributed by atoms with E-state index >= 15 is 0 Å². The summed E-state index contributed by atoms with van der Waals surface area (Å²) in [4.78, 5) is 75.4. The van der Waals surface area contributed by atoms with E-state index in [9.17, 15) is 19.2 Å². The number of carbonyl (C=O) groups excluding carboxylic acids is 4. The van der Waals surface area contributed by atoms with Gasteiger partial charge in [-0.25, -0.2) is 15.2 Å². The van der Waals surface area contributed by atoms with Crippen molar-refractivity contribution in [2.24, 2.45) is 23.2 Å². The molecule has 0 aliphatic carbocycles. The van der Waals surface area contributed by atoms with Crippen LogP contribution in [-0.2, 0) is 48.0 Å². The predicted molar refractivity (Wildman–Crippen MR) is 312 cm³/mol. The van der Waals surface area contributed by atoms with Crippen molar-refractivity contribution >= 4 is 106 Å². The van der Waals surface area contributed by atoms with Crippen molar-refractivity contribution in [2.75, 3.05) is 91.7 Å². The van der Waals surface area contributed by atoms with E-state index in [1.807, 2.05) is 32.3 Å². The van der Waals surface area contributed by atoms with Crippen LogP contribution in [0.2, 0.25) is 0 Å². The summed E-state index contributed by atoms with van der Waals surface area (Å²) in [6.45, 7) is 19.9. The standard InChI is InChI=1S/C52H72N10O7S.4H2S/c1-10-61-43-14-13-33-20-37(43)39(47(61)38-21-36(24-53-45(38)32(4)67-9)59-18-16-57(7)17-19-59)23-52(5,6)30-69-50(65)40-12-11-15-62(56-40)49(64)41(22-44-54-42(33)29-70-44)55-48(63)46(31(2)3)58(8)51(66)60-25-34(26-60)35-27-68-28-35;;;;/h13-14,20-21,24,29,31-32,34-35,40-41,46,56H,10-12,15-19,22-23,25-28,30H2,1-9H3,(H,55,63);4*1H2/t32-,40-,41-,46-;;;;/m0..../s1. The molecule has 0 radical (unpaired) electrons. The first kappa shape index (κ1) is 61.1. The average molecular weight is 1120 g/mol. The molecule has 0 unspecified atom stereocenters. The number of benzene rings is 1. The lowest BCUT2D eigenvalue weighted by atomic mass is 9.84. The summed E-state index contributed by atoms with van der Waals surface area (Å²) in [5, 5.41) is 8.27. The SMILES string of the molecule is CCn1c(-c2cc(N3CCN(C)CC3)cnc2[C@H](C)OC)c2c3cc(ccc31)-c1csc(n1)C[C@H](NC(=O)[C@H](C(C)C)N(C)C(=O)N1CC(C3COC3)C1)C(=O)N1CCC[C@H](N1)C(=O)OCC(C)(C)C2.S.S.S.S. The Hall–Kier alpha value is -3.74. The highest BCUT2D eigenvalue weighted by molar-refractivity contribution is 7.59. The number of fused-ring (bicyclic) bond motifs is 6. The zero-order valence-corrected chi connectivity index (χ0v) is 49.3. The van der Waals surface area contributed by atoms with Crippen molar-refractivity contribution in [3.8, 4) is 22.5 Å². The molecule has 0 saturated carbocycles. The summed E-state index contributed by atoms with van der Waals surface area (Å²) in [7, 11) is 5.54. The average Bonchev–Trinajstić information content (AvgIpc) is 3.91. The van der Waals surface area contributed by atoms with E-state index in [0.29, 0.717) is 62.3 Å². The lowest BCUT2D eigenvalue weighted by molar-refractivity contribution is -0.155. The van der Waals surface area contributed by atoms with Gasteiger partial charge in [-0.3, -0.25) is 24.4 Å². The molecule has 0 spiro atoms. The number of urea groups is 1. The fourth-order valence-corrected chi connectivity index (χ4v) is 11.7. The summed E-state index contributed by atoms with van der Waals surface area (Å²) in [6, 6.07) is 5.91. The van der Waals surface area contributed by atoms with Gasteiger partial charge in [0, 0.05) is 118 Å². The quantitative estimate of drug-likeness (QED) is 0.177. The van der Waals surface area contributed by atoms with Crippen LogP contribution >= 0.6 is 65.3 Å². The molecule has 4 saturated heterocycles. The minimum atomic E-state index is -1.04. The summed E-state index contributed by atoms with van der Waals surface area (Å²) in [5.74, 6) is -0.628. The van der Waals surface area contributed by atoms with Gasteiger partial charge in [-0.05, 0) is 69.8 Å². The predicted octanol–water partition coefficient (Wildman–Crippen LogP) is 6.06. The number of cyclic esters (lactones) is 1. The number of carbonyl (C=O) groups is 4. The molecule has 3 aromatic heterocycles. The van der Waals surface area contributed by atoms with Gasteiger partial charge in [-0.15, -0.1) is 11.3 Å². The van der Waals surface area contributed by atoms with Gasteiger partial charge in [0.05, 0.1) is 59.9 Å². The second kappa shape index (κ2) is 25.6. The first-order chi connectivity index (χ1) is 33.5. The number of hydrogen-bond acceptors (Lipinski definition) is 13. The Morgan fingerprint density at radius 3 is 2.38 bits per heavy atom. The molecule has 8 heterocycles. The van der Waals surface area contributed by atoms with E-state index in [-0.39, 0.29) is 91.0 Å². The smallest absolute Gasteiger partial charge is 0.324 e. The van der Waals surface area contributed by atoms with Gasteiger partial charge < -0.3 is 43.7 Å². The van der Waals surface area contributed by atoms with Gasteiger partial charge in [0.25, 0.3) is 5.91 Å². The van der Waals surface area contributed by atoms with Gasteiger partial charge in [0.2, 0.25) is 5.91 Å². The monoisotopic (exact) mass is 1120 g/mol. The Kier molecular flexibility index (Phi) is 21.1. The fraction of sp³-hybridized carbons (Fsp3) is 0.615. The van der Waals surface area contributed by atoms with E-state index < -0.39 is 35.4 Å². The van der Waals surface area contributed by atoms with Crippen molar-refractivity contribution in [1.29, 1.82) is 0 Å². The maximum Gasteiger partial charge on any atom is 0.324 e. The molecule has 5 aliphatic heterocycles. The fourth-order valence-electron chi connectivity index (χ4n) is 10.9. The van der Waals surface area contributed by atoms with Crippen LogP contribution in [-0.4, -0.2) is 163 Å². The van der Waals surface area contributed by atoms with Gasteiger partial charge in [-0.2, -0.15) is 54.0 Å². The van der Waals surface area contributed by atoms with Crippen LogP contribution in [0.5, 0.6) is 0 Å². The molecule has 4 fully saturated rings. The molecule has 74 heavy (non-hydrogen) atoms. The van der Waals surface area contributed by atoms with Crippen LogP contribution in [0.3, 0.4) is 0 Å². The van der Waals surface area contributed by atoms with E-state index in [4.69, 9.17) is 24.2 Å². The molecular formula is C52H80N10O7S5. The van der Waals surface area contributed by atoms with Crippen LogP contribution in [0.15, 0.2) is 35.8 Å². The number of thiazole rings is 1. The molecule has 5 aliphatic rings. The van der Waals surface area contributed by atoms with Crippen LogP contribution in [0.1, 0.15) is 76.8 Å². The number of nitrogens with one attached hydrogen (secondary N) is 2. The number of aryl methyl sites for hydroxylation is 1.